The Morgan fingerprint density at radius 2 is 1.85 bits per heavy atom. The molecule has 3 aromatic heterocycles. The van der Waals surface area contributed by atoms with E-state index in [-0.39, 0.29) is 5.95 Å². The fourth-order valence-corrected chi connectivity index (χ4v) is 3.22. The van der Waals surface area contributed by atoms with Gasteiger partial charge in [-0.1, -0.05) is 30.0 Å². The van der Waals surface area contributed by atoms with Crippen LogP contribution in [0.4, 0.5) is 17.6 Å². The topological polar surface area (TPSA) is 120 Å². The highest BCUT2D eigenvalue weighted by Gasteiger charge is 2.11. The monoisotopic (exact) mass is 379 g/mol. The average molecular weight is 379 g/mol. The average Bonchev–Trinajstić information content (AvgIpc) is 3.04. The van der Waals surface area contributed by atoms with E-state index in [0.29, 0.717) is 28.5 Å². The molecule has 0 unspecified atom stereocenters. The minimum atomic E-state index is 0.162. The zero-order valence-electron chi connectivity index (χ0n) is 14.8. The minimum Gasteiger partial charge on any atom is -0.368 e. The van der Waals surface area contributed by atoms with Crippen LogP contribution < -0.4 is 11.1 Å². The zero-order chi connectivity index (χ0) is 18.8. The number of nitrogens with zero attached hydrogens (tertiary/aromatic N) is 7. The first-order valence-corrected chi connectivity index (χ1v) is 9.22. The first-order valence-electron chi connectivity index (χ1n) is 8.23. The number of aryl methyl sites for hydroxylation is 2. The molecule has 0 atom stereocenters. The maximum absolute atomic E-state index is 5.82. The molecule has 3 heterocycles. The van der Waals surface area contributed by atoms with Crippen LogP contribution in [0.5, 0.6) is 0 Å². The summed E-state index contributed by atoms with van der Waals surface area (Å²) in [6.45, 7) is 3.91. The molecule has 3 N–H and O–H groups in total. The van der Waals surface area contributed by atoms with E-state index >= 15 is 0 Å². The Hall–Kier alpha value is -3.27. The molecule has 0 bridgehead atoms. The number of hydrogen-bond donors (Lipinski definition) is 2. The summed E-state index contributed by atoms with van der Waals surface area (Å²) in [7, 11) is 0. The Morgan fingerprint density at radius 1 is 1.04 bits per heavy atom. The van der Waals surface area contributed by atoms with Crippen molar-refractivity contribution in [1.29, 1.82) is 0 Å². The summed E-state index contributed by atoms with van der Waals surface area (Å²) in [4.78, 5) is 21.6. The molecule has 0 saturated carbocycles. The first kappa shape index (κ1) is 17.2. The lowest BCUT2D eigenvalue weighted by atomic mass is 10.3. The largest absolute Gasteiger partial charge is 0.368 e. The number of benzene rings is 1. The molecule has 136 valence electrons. The van der Waals surface area contributed by atoms with Gasteiger partial charge in [-0.05, 0) is 32.0 Å². The van der Waals surface area contributed by atoms with Crippen molar-refractivity contribution in [3.05, 3.63) is 53.6 Å². The number of nitrogen functional groups attached to an aromatic ring is 1. The molecule has 0 fully saturated rings. The van der Waals surface area contributed by atoms with Gasteiger partial charge < -0.3 is 11.1 Å². The van der Waals surface area contributed by atoms with Crippen molar-refractivity contribution < 1.29 is 0 Å². The lowest BCUT2D eigenvalue weighted by molar-refractivity contribution is 0.842. The molecule has 0 aliphatic heterocycles. The second-order valence-electron chi connectivity index (χ2n) is 5.86. The minimum absolute atomic E-state index is 0.162. The maximum Gasteiger partial charge on any atom is 0.253 e. The summed E-state index contributed by atoms with van der Waals surface area (Å²) >= 11 is 1.42. The second-order valence-corrected chi connectivity index (χ2v) is 6.80. The fourth-order valence-electron chi connectivity index (χ4n) is 2.55. The molecule has 27 heavy (non-hydrogen) atoms. The number of rotatable bonds is 5. The summed E-state index contributed by atoms with van der Waals surface area (Å²) in [5.74, 6) is 2.16. The van der Waals surface area contributed by atoms with E-state index in [2.05, 4.69) is 35.3 Å². The van der Waals surface area contributed by atoms with Crippen molar-refractivity contribution in [2.75, 3.05) is 11.1 Å². The van der Waals surface area contributed by atoms with E-state index < -0.39 is 0 Å². The van der Waals surface area contributed by atoms with Crippen LogP contribution in [0.3, 0.4) is 0 Å². The van der Waals surface area contributed by atoms with E-state index in [1.54, 1.807) is 4.52 Å². The Kier molecular flexibility index (Phi) is 4.55. The van der Waals surface area contributed by atoms with E-state index in [0.717, 1.165) is 17.1 Å². The summed E-state index contributed by atoms with van der Waals surface area (Å²) < 4.78 is 1.72. The van der Waals surface area contributed by atoms with Gasteiger partial charge in [-0.15, -0.1) is 5.10 Å². The van der Waals surface area contributed by atoms with Gasteiger partial charge >= 0.3 is 0 Å². The molecule has 0 aliphatic carbocycles. The van der Waals surface area contributed by atoms with E-state index in [4.69, 9.17) is 5.73 Å². The summed E-state index contributed by atoms with van der Waals surface area (Å²) in [5, 5.41) is 8.20. The van der Waals surface area contributed by atoms with Gasteiger partial charge in [0.1, 0.15) is 5.82 Å². The molecule has 0 aliphatic rings. The van der Waals surface area contributed by atoms with Crippen LogP contribution in [0.15, 0.2) is 41.6 Å². The van der Waals surface area contributed by atoms with Gasteiger partial charge in [0.05, 0.1) is 5.75 Å². The molecule has 0 spiro atoms. The third-order valence-corrected chi connectivity index (χ3v) is 4.49. The highest BCUT2D eigenvalue weighted by atomic mass is 32.2. The molecule has 9 nitrogen and oxygen atoms in total. The van der Waals surface area contributed by atoms with Crippen LogP contribution in [0.2, 0.25) is 0 Å². The van der Waals surface area contributed by atoms with Crippen LogP contribution in [-0.4, -0.2) is 34.5 Å². The normalized spacial score (nSPS) is 11.0. The van der Waals surface area contributed by atoms with E-state index in [1.807, 2.05) is 50.2 Å². The van der Waals surface area contributed by atoms with Crippen molar-refractivity contribution in [2.45, 2.75) is 24.8 Å². The van der Waals surface area contributed by atoms with Crippen molar-refractivity contribution in [3.63, 3.8) is 0 Å². The van der Waals surface area contributed by atoms with Crippen molar-refractivity contribution in [1.82, 2.24) is 34.5 Å². The van der Waals surface area contributed by atoms with Crippen LogP contribution >= 0.6 is 11.8 Å². The van der Waals surface area contributed by atoms with Gasteiger partial charge in [-0.2, -0.15) is 19.9 Å². The predicted molar refractivity (Wildman–Crippen MR) is 104 cm³/mol. The number of aromatic nitrogens is 7. The van der Waals surface area contributed by atoms with Crippen molar-refractivity contribution in [2.24, 2.45) is 0 Å². The number of para-hydroxylation sites is 1. The van der Waals surface area contributed by atoms with Gasteiger partial charge in [0.2, 0.25) is 17.1 Å². The molecule has 0 amide bonds. The fraction of sp³-hybridized carbons (Fsp3) is 0.176. The highest BCUT2D eigenvalue weighted by Crippen LogP contribution is 2.20. The first-order chi connectivity index (χ1) is 13.1. The SMILES string of the molecule is Cc1cc(C)n2nc(SCc3nc(N)nc(Nc4ccccc4)n3)nc2n1. The Bertz CT molecular complexity index is 1090. The van der Waals surface area contributed by atoms with Gasteiger partial charge in [0.15, 0.2) is 0 Å². The second kappa shape index (κ2) is 7.16. The zero-order valence-corrected chi connectivity index (χ0v) is 15.6. The molecular formula is C17H17N9S. The highest BCUT2D eigenvalue weighted by molar-refractivity contribution is 7.98. The third kappa shape index (κ3) is 3.95. The van der Waals surface area contributed by atoms with Gasteiger partial charge in [0, 0.05) is 17.1 Å². The quantitative estimate of drug-likeness (QED) is 0.504. The molecule has 1 aromatic carbocycles. The van der Waals surface area contributed by atoms with Gasteiger partial charge in [-0.3, -0.25) is 0 Å². The molecular weight excluding hydrogens is 362 g/mol. The molecule has 4 aromatic rings. The standard InChI is InChI=1S/C17H17N9S/c1-10-8-11(2)26-16(19-10)24-17(25-26)27-9-13-21-14(18)23-15(22-13)20-12-6-4-3-5-7-12/h3-8H,9H2,1-2H3,(H3,18,20,21,22,23). The Balaban J connectivity index is 1.52. The van der Waals surface area contributed by atoms with Crippen LogP contribution in [0.1, 0.15) is 17.2 Å². The molecule has 0 saturated heterocycles. The predicted octanol–water partition coefficient (Wildman–Crippen LogP) is 2.54. The van der Waals surface area contributed by atoms with Gasteiger partial charge in [0.25, 0.3) is 5.78 Å². The van der Waals surface area contributed by atoms with Crippen LogP contribution in [-0.2, 0) is 5.75 Å². The Labute approximate surface area is 159 Å². The number of thioether (sulfide) groups is 1. The third-order valence-electron chi connectivity index (χ3n) is 3.66. The van der Waals surface area contributed by atoms with Crippen LogP contribution in [0.25, 0.3) is 5.78 Å². The van der Waals surface area contributed by atoms with Crippen LogP contribution in [0, 0.1) is 13.8 Å². The summed E-state index contributed by atoms with van der Waals surface area (Å²) in [5.41, 5.74) is 8.59. The molecule has 4 rings (SSSR count). The summed E-state index contributed by atoms with van der Waals surface area (Å²) in [6.07, 6.45) is 0. The number of anilines is 3. The van der Waals surface area contributed by atoms with Crippen molar-refractivity contribution in [3.8, 4) is 0 Å². The number of fused-ring (bicyclic) bond motifs is 1. The number of nitrogens with two attached hydrogens (primary N) is 1. The Morgan fingerprint density at radius 3 is 2.67 bits per heavy atom. The van der Waals surface area contributed by atoms with Crippen molar-refractivity contribution >= 4 is 35.1 Å². The summed E-state index contributed by atoms with van der Waals surface area (Å²) in [6, 6.07) is 11.6. The molecule has 0 radical (unpaired) electrons. The molecule has 10 heteroatoms. The van der Waals surface area contributed by atoms with E-state index in [1.165, 1.54) is 11.8 Å². The lowest BCUT2D eigenvalue weighted by Crippen LogP contribution is -2.06. The lowest BCUT2D eigenvalue weighted by Gasteiger charge is -2.06. The number of nitrogens with one attached hydrogen (secondary N) is 1. The maximum atomic E-state index is 5.82. The van der Waals surface area contributed by atoms with E-state index in [9.17, 15) is 0 Å². The van der Waals surface area contributed by atoms with Gasteiger partial charge in [-0.25, -0.2) is 9.50 Å². The smallest absolute Gasteiger partial charge is 0.253 e. The number of hydrogen-bond acceptors (Lipinski definition) is 9.